The number of nitrogens with one attached hydrogen (secondary N) is 1. The van der Waals surface area contributed by atoms with Crippen LogP contribution in [-0.4, -0.2) is 25.7 Å². The average Bonchev–Trinajstić information content (AvgIpc) is 3.52. The lowest BCUT2D eigenvalue weighted by Crippen LogP contribution is -2.18. The van der Waals surface area contributed by atoms with Crippen LogP contribution in [0.15, 0.2) is 65.1 Å². The van der Waals surface area contributed by atoms with E-state index >= 15 is 0 Å². The van der Waals surface area contributed by atoms with E-state index in [0.717, 1.165) is 24.9 Å². The smallest absolute Gasteiger partial charge is 0.412 e. The van der Waals surface area contributed by atoms with E-state index in [0.29, 0.717) is 33.8 Å². The number of carbonyl (C=O) groups is 2. The van der Waals surface area contributed by atoms with Crippen LogP contribution in [0.2, 0.25) is 0 Å². The van der Waals surface area contributed by atoms with E-state index < -0.39 is 12.1 Å². The Labute approximate surface area is 205 Å². The van der Waals surface area contributed by atoms with Gasteiger partial charge in [0.05, 0.1) is 7.11 Å². The SMILES string of the molecule is COc1cc2c(C(=O)OC(N)=O)c(-c3ccc(Oc4ccc(F)cc4)cc3)oc2cc1C1CCCN1. The Kier molecular flexibility index (Phi) is 6.30. The largest absolute Gasteiger partial charge is 0.496 e. The van der Waals surface area contributed by atoms with E-state index in [-0.39, 0.29) is 23.2 Å². The van der Waals surface area contributed by atoms with Crippen LogP contribution in [0, 0.1) is 5.82 Å². The number of hydrogen-bond donors (Lipinski definition) is 2. The van der Waals surface area contributed by atoms with E-state index in [1.807, 2.05) is 6.07 Å². The number of carbonyl (C=O) groups excluding carboxylic acids is 2. The maximum atomic E-state index is 13.2. The van der Waals surface area contributed by atoms with Crippen molar-refractivity contribution in [3.05, 3.63) is 77.6 Å². The van der Waals surface area contributed by atoms with Crippen LogP contribution in [0.3, 0.4) is 0 Å². The Morgan fingerprint density at radius 3 is 2.36 bits per heavy atom. The van der Waals surface area contributed by atoms with E-state index in [2.05, 4.69) is 5.32 Å². The molecule has 0 aliphatic carbocycles. The van der Waals surface area contributed by atoms with Crippen LogP contribution in [0.25, 0.3) is 22.3 Å². The van der Waals surface area contributed by atoms with Crippen molar-refractivity contribution in [3.8, 4) is 28.6 Å². The maximum Gasteiger partial charge on any atom is 0.412 e. The molecule has 1 atom stereocenters. The summed E-state index contributed by atoms with van der Waals surface area (Å²) in [5.41, 5.74) is 7.08. The maximum absolute atomic E-state index is 13.2. The zero-order valence-electron chi connectivity index (χ0n) is 19.4. The zero-order chi connectivity index (χ0) is 25.2. The molecule has 184 valence electrons. The van der Waals surface area contributed by atoms with Gasteiger partial charge in [0.25, 0.3) is 0 Å². The highest BCUT2D eigenvalue weighted by molar-refractivity contribution is 6.11. The molecular formula is C27H23FN2O6. The van der Waals surface area contributed by atoms with Gasteiger partial charge in [-0.3, -0.25) is 0 Å². The Balaban J connectivity index is 1.57. The summed E-state index contributed by atoms with van der Waals surface area (Å²) in [6, 6.07) is 16.1. The first-order chi connectivity index (χ1) is 17.4. The fourth-order valence-corrected chi connectivity index (χ4v) is 4.40. The third-order valence-corrected chi connectivity index (χ3v) is 6.04. The zero-order valence-corrected chi connectivity index (χ0v) is 19.4. The molecule has 1 unspecified atom stereocenters. The molecule has 3 aromatic carbocycles. The minimum Gasteiger partial charge on any atom is -0.496 e. The first kappa shape index (κ1) is 23.4. The van der Waals surface area contributed by atoms with Gasteiger partial charge in [0.15, 0.2) is 0 Å². The molecule has 1 amide bonds. The third kappa shape index (κ3) is 4.60. The summed E-state index contributed by atoms with van der Waals surface area (Å²) in [6.45, 7) is 0.901. The quantitative estimate of drug-likeness (QED) is 0.263. The Morgan fingerprint density at radius 1 is 1.06 bits per heavy atom. The topological polar surface area (TPSA) is 113 Å². The summed E-state index contributed by atoms with van der Waals surface area (Å²) < 4.78 is 35.4. The lowest BCUT2D eigenvalue weighted by Gasteiger charge is -2.15. The van der Waals surface area contributed by atoms with E-state index in [4.69, 9.17) is 24.4 Å². The highest BCUT2D eigenvalue weighted by Gasteiger charge is 2.28. The van der Waals surface area contributed by atoms with Gasteiger partial charge in [-0.25, -0.2) is 14.0 Å². The fraction of sp³-hybridized carbons (Fsp3) is 0.185. The molecule has 0 radical (unpaired) electrons. The first-order valence-corrected chi connectivity index (χ1v) is 11.4. The summed E-state index contributed by atoms with van der Waals surface area (Å²) >= 11 is 0. The second-order valence-corrected chi connectivity index (χ2v) is 8.33. The summed E-state index contributed by atoms with van der Waals surface area (Å²) in [5.74, 6) is 0.476. The van der Waals surface area contributed by atoms with Gasteiger partial charge in [-0.15, -0.1) is 0 Å². The molecule has 1 aliphatic rings. The predicted octanol–water partition coefficient (Wildman–Crippen LogP) is 5.70. The van der Waals surface area contributed by atoms with Crippen molar-refractivity contribution in [2.24, 2.45) is 5.73 Å². The first-order valence-electron chi connectivity index (χ1n) is 11.4. The number of methoxy groups -OCH3 is 1. The van der Waals surface area contributed by atoms with Crippen LogP contribution < -0.4 is 20.5 Å². The number of amides is 1. The molecule has 1 aliphatic heterocycles. The predicted molar refractivity (Wildman–Crippen MR) is 130 cm³/mol. The van der Waals surface area contributed by atoms with Gasteiger partial charge in [-0.1, -0.05) is 0 Å². The van der Waals surface area contributed by atoms with Crippen molar-refractivity contribution >= 4 is 23.0 Å². The van der Waals surface area contributed by atoms with Crippen molar-refractivity contribution in [2.75, 3.05) is 13.7 Å². The van der Waals surface area contributed by atoms with E-state index in [1.165, 1.54) is 24.3 Å². The summed E-state index contributed by atoms with van der Waals surface area (Å²) in [5, 5.41) is 3.87. The number of fused-ring (bicyclic) bond motifs is 1. The van der Waals surface area contributed by atoms with Crippen LogP contribution >= 0.6 is 0 Å². The monoisotopic (exact) mass is 490 g/mol. The Morgan fingerprint density at radius 2 is 1.75 bits per heavy atom. The second-order valence-electron chi connectivity index (χ2n) is 8.33. The summed E-state index contributed by atoms with van der Waals surface area (Å²) in [6.07, 6.45) is 0.765. The van der Waals surface area contributed by atoms with E-state index in [1.54, 1.807) is 37.4 Å². The lowest BCUT2D eigenvalue weighted by molar-refractivity contribution is 0.0640. The molecule has 0 spiro atoms. The van der Waals surface area contributed by atoms with Gasteiger partial charge < -0.3 is 29.7 Å². The Bertz CT molecular complexity index is 1420. The summed E-state index contributed by atoms with van der Waals surface area (Å²) in [7, 11) is 1.56. The second kappa shape index (κ2) is 9.71. The number of hydrogen-bond acceptors (Lipinski definition) is 7. The van der Waals surface area contributed by atoms with Gasteiger partial charge in [0, 0.05) is 22.6 Å². The van der Waals surface area contributed by atoms with Gasteiger partial charge in [-0.2, -0.15) is 0 Å². The van der Waals surface area contributed by atoms with Crippen molar-refractivity contribution in [1.29, 1.82) is 0 Å². The van der Waals surface area contributed by atoms with Crippen molar-refractivity contribution in [2.45, 2.75) is 18.9 Å². The van der Waals surface area contributed by atoms with Gasteiger partial charge in [0.1, 0.15) is 40.0 Å². The number of furan rings is 1. The number of halogens is 1. The molecule has 5 rings (SSSR count). The van der Waals surface area contributed by atoms with Crippen LogP contribution in [0.4, 0.5) is 9.18 Å². The number of ether oxygens (including phenoxy) is 3. The van der Waals surface area contributed by atoms with Crippen molar-refractivity contribution in [3.63, 3.8) is 0 Å². The Hall–Kier alpha value is -4.37. The number of nitrogens with two attached hydrogens (primary N) is 1. The molecule has 36 heavy (non-hydrogen) atoms. The highest BCUT2D eigenvalue weighted by Crippen LogP contribution is 2.41. The van der Waals surface area contributed by atoms with Gasteiger partial charge in [0.2, 0.25) is 0 Å². The molecule has 4 aromatic rings. The minimum absolute atomic E-state index is 0.0558. The van der Waals surface area contributed by atoms with Crippen molar-refractivity contribution < 1.29 is 32.6 Å². The lowest BCUT2D eigenvalue weighted by atomic mass is 10.00. The van der Waals surface area contributed by atoms with Gasteiger partial charge in [-0.05, 0) is 80.1 Å². The molecule has 2 heterocycles. The standard InChI is InChI=1S/C27H23FN2O6/c1-33-22-14-20-23(13-19(22)21-3-2-12-30-21)35-25(24(20)26(31)36-27(29)32)15-4-8-17(9-5-15)34-18-10-6-16(28)7-11-18/h4-11,13-14,21,30H,2-3,12H2,1H3,(H2,29,32). The third-order valence-electron chi connectivity index (χ3n) is 6.04. The molecular weight excluding hydrogens is 467 g/mol. The van der Waals surface area contributed by atoms with Crippen molar-refractivity contribution in [1.82, 2.24) is 5.32 Å². The molecule has 1 aromatic heterocycles. The van der Waals surface area contributed by atoms with E-state index in [9.17, 15) is 14.0 Å². The molecule has 0 bridgehead atoms. The van der Waals surface area contributed by atoms with Gasteiger partial charge >= 0.3 is 12.1 Å². The fourth-order valence-electron chi connectivity index (χ4n) is 4.40. The molecule has 8 nitrogen and oxygen atoms in total. The number of primary amides is 1. The molecule has 1 fully saturated rings. The molecule has 0 saturated carbocycles. The molecule has 1 saturated heterocycles. The van der Waals surface area contributed by atoms with Crippen LogP contribution in [-0.2, 0) is 4.74 Å². The number of esters is 1. The number of rotatable bonds is 6. The molecule has 3 N–H and O–H groups in total. The normalized spacial score (nSPS) is 15.1. The molecule has 9 heteroatoms. The summed E-state index contributed by atoms with van der Waals surface area (Å²) in [4.78, 5) is 24.3. The average molecular weight is 490 g/mol. The van der Waals surface area contributed by atoms with Crippen LogP contribution in [0.1, 0.15) is 34.8 Å². The minimum atomic E-state index is -1.22. The number of benzene rings is 3. The highest BCUT2D eigenvalue weighted by atomic mass is 19.1. The van der Waals surface area contributed by atoms with Crippen LogP contribution in [0.5, 0.6) is 17.2 Å².